The Bertz CT molecular complexity index is 543. The summed E-state index contributed by atoms with van der Waals surface area (Å²) >= 11 is 0. The molecule has 19 heavy (non-hydrogen) atoms. The van der Waals surface area contributed by atoms with Crippen molar-refractivity contribution in [3.05, 3.63) is 35.7 Å². The average Bonchev–Trinajstić information content (AvgIpc) is 2.76. The fourth-order valence-corrected chi connectivity index (χ4v) is 2.12. The highest BCUT2D eigenvalue weighted by Gasteiger charge is 2.24. The van der Waals surface area contributed by atoms with Crippen LogP contribution in [-0.2, 0) is 6.54 Å². The fraction of sp³-hybridized carbons (Fsp3) is 0.429. The zero-order valence-electron chi connectivity index (χ0n) is 11.3. The third-order valence-electron chi connectivity index (χ3n) is 3.27. The van der Waals surface area contributed by atoms with Crippen molar-refractivity contribution >= 4 is 0 Å². The number of nitrogens with zero attached hydrogens (tertiary/aromatic N) is 3. The maximum absolute atomic E-state index is 5.29. The van der Waals surface area contributed by atoms with E-state index in [9.17, 15) is 0 Å². The topological polar surface area (TPSA) is 54.2 Å². The van der Waals surface area contributed by atoms with Gasteiger partial charge in [-0.25, -0.2) is 0 Å². The third kappa shape index (κ3) is 2.67. The van der Waals surface area contributed by atoms with Gasteiger partial charge in [-0.1, -0.05) is 29.4 Å². The lowest BCUT2D eigenvalue weighted by Crippen LogP contribution is -2.35. The molecule has 5 heteroatoms. The minimum atomic E-state index is 0.245. The highest BCUT2D eigenvalue weighted by atomic mass is 16.5. The van der Waals surface area contributed by atoms with Crippen LogP contribution < -0.4 is 5.32 Å². The summed E-state index contributed by atoms with van der Waals surface area (Å²) in [5.74, 6) is 1.36. The molecule has 5 nitrogen and oxygen atoms in total. The van der Waals surface area contributed by atoms with Gasteiger partial charge in [-0.3, -0.25) is 0 Å². The van der Waals surface area contributed by atoms with E-state index in [1.165, 1.54) is 5.56 Å². The first-order valence-corrected chi connectivity index (χ1v) is 6.53. The molecule has 3 rings (SSSR count). The van der Waals surface area contributed by atoms with Gasteiger partial charge in [0.2, 0.25) is 11.7 Å². The maximum Gasteiger partial charge on any atom is 0.244 e. The fourth-order valence-electron chi connectivity index (χ4n) is 2.12. The summed E-state index contributed by atoms with van der Waals surface area (Å²) in [4.78, 5) is 6.58. The normalized spacial score (nSPS) is 18.6. The van der Waals surface area contributed by atoms with Crippen LogP contribution in [0.25, 0.3) is 11.4 Å². The van der Waals surface area contributed by atoms with Crippen LogP contribution in [0.3, 0.4) is 0 Å². The summed E-state index contributed by atoms with van der Waals surface area (Å²) in [6.45, 7) is 1.96. The van der Waals surface area contributed by atoms with E-state index in [0.717, 1.165) is 25.1 Å². The zero-order chi connectivity index (χ0) is 13.2. The van der Waals surface area contributed by atoms with Crippen molar-refractivity contribution in [1.82, 2.24) is 20.4 Å². The Kier molecular flexibility index (Phi) is 3.31. The van der Waals surface area contributed by atoms with E-state index in [2.05, 4.69) is 46.6 Å². The molecule has 1 aliphatic rings. The van der Waals surface area contributed by atoms with Gasteiger partial charge in [0.25, 0.3) is 0 Å². The lowest BCUT2D eigenvalue weighted by Gasteiger charge is -2.23. The monoisotopic (exact) mass is 258 g/mol. The molecular weight excluding hydrogens is 240 g/mol. The molecule has 2 aromatic rings. The summed E-state index contributed by atoms with van der Waals surface area (Å²) < 4.78 is 5.29. The van der Waals surface area contributed by atoms with Crippen molar-refractivity contribution < 1.29 is 4.52 Å². The van der Waals surface area contributed by atoms with Gasteiger partial charge in [0, 0.05) is 12.1 Å². The summed E-state index contributed by atoms with van der Waals surface area (Å²) in [6.07, 6.45) is 1.07. The summed E-state index contributed by atoms with van der Waals surface area (Å²) in [6, 6.07) is 8.54. The van der Waals surface area contributed by atoms with E-state index in [1.54, 1.807) is 0 Å². The zero-order valence-corrected chi connectivity index (χ0v) is 11.3. The van der Waals surface area contributed by atoms with Crippen LogP contribution in [0.5, 0.6) is 0 Å². The first kappa shape index (κ1) is 12.3. The molecule has 1 aromatic heterocycles. The number of benzene rings is 1. The highest BCUT2D eigenvalue weighted by molar-refractivity contribution is 5.54. The lowest BCUT2D eigenvalue weighted by molar-refractivity contribution is 0.273. The van der Waals surface area contributed by atoms with Crippen LogP contribution in [0.1, 0.15) is 23.9 Å². The molecule has 0 aliphatic carbocycles. The van der Waals surface area contributed by atoms with Crippen LogP contribution in [0.15, 0.2) is 28.8 Å². The van der Waals surface area contributed by atoms with Crippen molar-refractivity contribution in [2.75, 3.05) is 20.6 Å². The first-order valence-electron chi connectivity index (χ1n) is 6.53. The average molecular weight is 258 g/mol. The van der Waals surface area contributed by atoms with Crippen molar-refractivity contribution in [3.63, 3.8) is 0 Å². The van der Waals surface area contributed by atoms with Gasteiger partial charge in [0.05, 0.1) is 6.04 Å². The summed E-state index contributed by atoms with van der Waals surface area (Å²) in [5, 5.41) is 7.30. The molecule has 0 unspecified atom stereocenters. The predicted octanol–water partition coefficient (Wildman–Crippen LogP) is 1.83. The largest absolute Gasteiger partial charge is 0.337 e. The minimum absolute atomic E-state index is 0.245. The molecule has 100 valence electrons. The van der Waals surface area contributed by atoms with Crippen molar-refractivity contribution in [2.24, 2.45) is 0 Å². The Morgan fingerprint density at radius 3 is 2.63 bits per heavy atom. The standard InChI is InChI=1S/C14H18N4O/c1-18(2)9-10-3-5-11(6-4-10)13-16-14(19-17-13)12-7-8-15-12/h3-6,12,15H,7-9H2,1-2H3/t12-/m1/s1. The molecule has 1 aromatic carbocycles. The van der Waals surface area contributed by atoms with Crippen LogP contribution in [-0.4, -0.2) is 35.7 Å². The highest BCUT2D eigenvalue weighted by Crippen LogP contribution is 2.24. The smallest absolute Gasteiger partial charge is 0.244 e. The molecule has 2 heterocycles. The summed E-state index contributed by atoms with van der Waals surface area (Å²) in [5.41, 5.74) is 2.27. The van der Waals surface area contributed by atoms with Gasteiger partial charge in [0.15, 0.2) is 0 Å². The Balaban J connectivity index is 1.75. The van der Waals surface area contributed by atoms with E-state index in [-0.39, 0.29) is 6.04 Å². The Morgan fingerprint density at radius 2 is 2.05 bits per heavy atom. The second kappa shape index (κ2) is 5.11. The lowest BCUT2D eigenvalue weighted by atomic mass is 10.1. The van der Waals surface area contributed by atoms with Crippen LogP contribution in [0.2, 0.25) is 0 Å². The van der Waals surface area contributed by atoms with Crippen LogP contribution in [0, 0.1) is 0 Å². The molecule has 1 fully saturated rings. The molecule has 1 atom stereocenters. The number of rotatable bonds is 4. The Morgan fingerprint density at radius 1 is 1.32 bits per heavy atom. The molecule has 1 aliphatic heterocycles. The molecule has 1 N–H and O–H groups in total. The second-order valence-electron chi connectivity index (χ2n) is 5.19. The molecule has 1 saturated heterocycles. The van der Waals surface area contributed by atoms with E-state index in [0.29, 0.717) is 11.7 Å². The van der Waals surface area contributed by atoms with Crippen LogP contribution in [0.4, 0.5) is 0 Å². The number of aromatic nitrogens is 2. The van der Waals surface area contributed by atoms with Gasteiger partial charge in [-0.2, -0.15) is 4.98 Å². The first-order chi connectivity index (χ1) is 9.22. The van der Waals surface area contributed by atoms with E-state index in [4.69, 9.17) is 4.52 Å². The maximum atomic E-state index is 5.29. The van der Waals surface area contributed by atoms with E-state index < -0.39 is 0 Å². The summed E-state index contributed by atoms with van der Waals surface area (Å²) in [7, 11) is 4.12. The second-order valence-corrected chi connectivity index (χ2v) is 5.19. The van der Waals surface area contributed by atoms with E-state index >= 15 is 0 Å². The molecule has 0 saturated carbocycles. The van der Waals surface area contributed by atoms with E-state index in [1.807, 2.05) is 12.1 Å². The van der Waals surface area contributed by atoms with Crippen molar-refractivity contribution in [1.29, 1.82) is 0 Å². The molecule has 0 bridgehead atoms. The Labute approximate surface area is 112 Å². The van der Waals surface area contributed by atoms with Crippen molar-refractivity contribution in [3.8, 4) is 11.4 Å². The quantitative estimate of drug-likeness (QED) is 0.906. The van der Waals surface area contributed by atoms with Gasteiger partial charge >= 0.3 is 0 Å². The van der Waals surface area contributed by atoms with Gasteiger partial charge in [-0.05, 0) is 32.6 Å². The van der Waals surface area contributed by atoms with Gasteiger partial charge in [0.1, 0.15) is 0 Å². The Hall–Kier alpha value is -1.72. The number of nitrogens with one attached hydrogen (secondary N) is 1. The number of hydrogen-bond acceptors (Lipinski definition) is 5. The predicted molar refractivity (Wildman–Crippen MR) is 72.5 cm³/mol. The SMILES string of the molecule is CN(C)Cc1ccc(-c2noc([C@H]3CCN3)n2)cc1. The van der Waals surface area contributed by atoms with Gasteiger partial charge < -0.3 is 14.7 Å². The number of hydrogen-bond donors (Lipinski definition) is 1. The van der Waals surface area contributed by atoms with Gasteiger partial charge in [-0.15, -0.1) is 0 Å². The van der Waals surface area contributed by atoms with Crippen LogP contribution >= 0.6 is 0 Å². The molecule has 0 spiro atoms. The minimum Gasteiger partial charge on any atom is -0.337 e. The van der Waals surface area contributed by atoms with Crippen molar-refractivity contribution in [2.45, 2.75) is 19.0 Å². The third-order valence-corrected chi connectivity index (χ3v) is 3.27. The molecule has 0 amide bonds. The molecule has 0 radical (unpaired) electrons. The molecular formula is C14H18N4O.